The molecule has 1 heterocycles. The van der Waals surface area contributed by atoms with Gasteiger partial charge in [0.05, 0.1) is 11.4 Å². The number of nitrogens with two attached hydrogens (primary N) is 1. The Morgan fingerprint density at radius 1 is 1.20 bits per heavy atom. The van der Waals surface area contributed by atoms with Crippen molar-refractivity contribution in [3.8, 4) is 0 Å². The lowest BCUT2D eigenvalue weighted by atomic mass is 9.88. The molecule has 0 bridgehead atoms. The van der Waals surface area contributed by atoms with Crippen LogP contribution in [0.5, 0.6) is 0 Å². The van der Waals surface area contributed by atoms with Gasteiger partial charge in [-0.05, 0) is 45.1 Å². The number of hydrogen-bond acceptors (Lipinski definition) is 5. The van der Waals surface area contributed by atoms with Crippen LogP contribution in [0.2, 0.25) is 0 Å². The summed E-state index contributed by atoms with van der Waals surface area (Å²) in [4.78, 5) is 16.1. The maximum atomic E-state index is 11.9. The maximum absolute atomic E-state index is 11.9. The Morgan fingerprint density at radius 3 is 2.45 bits per heavy atom. The van der Waals surface area contributed by atoms with Gasteiger partial charge in [-0.1, -0.05) is 13.8 Å². The van der Waals surface area contributed by atoms with Gasteiger partial charge < -0.3 is 5.73 Å². The second-order valence-electron chi connectivity index (χ2n) is 5.47. The van der Waals surface area contributed by atoms with E-state index in [0.717, 1.165) is 24.2 Å². The van der Waals surface area contributed by atoms with Gasteiger partial charge in [-0.3, -0.25) is 10.1 Å². The zero-order valence-corrected chi connectivity index (χ0v) is 12.8. The molecule has 20 heavy (non-hydrogen) atoms. The van der Waals surface area contributed by atoms with Gasteiger partial charge in [0.1, 0.15) is 0 Å². The Hall–Kier alpha value is -1.56. The second-order valence-corrected chi connectivity index (χ2v) is 5.47. The van der Waals surface area contributed by atoms with E-state index in [1.54, 1.807) is 0 Å². The van der Waals surface area contributed by atoms with Crippen molar-refractivity contribution >= 4 is 11.9 Å². The zero-order chi connectivity index (χ0) is 15.1. The van der Waals surface area contributed by atoms with Crippen molar-refractivity contribution in [2.45, 2.75) is 47.0 Å². The topological polar surface area (TPSA) is 93.8 Å². The third kappa shape index (κ3) is 5.21. The number of hydrogen-bond donors (Lipinski definition) is 2. The molecular formula is C14H25N5O. The average Bonchev–Trinajstić information content (AvgIpc) is 2.38. The SMILES string of the molecule is Cc1nnc(NC(=O)CCC(CCN)C(C)C)nc1C. The summed E-state index contributed by atoms with van der Waals surface area (Å²) in [6.07, 6.45) is 2.24. The largest absolute Gasteiger partial charge is 0.330 e. The molecule has 0 saturated carbocycles. The molecule has 6 heteroatoms. The van der Waals surface area contributed by atoms with E-state index in [2.05, 4.69) is 34.3 Å². The number of amides is 1. The molecule has 0 spiro atoms. The van der Waals surface area contributed by atoms with Crippen molar-refractivity contribution < 1.29 is 4.79 Å². The van der Waals surface area contributed by atoms with Crippen molar-refractivity contribution in [1.29, 1.82) is 0 Å². The summed E-state index contributed by atoms with van der Waals surface area (Å²) >= 11 is 0. The Bertz CT molecular complexity index is 447. The predicted octanol–water partition coefficient (Wildman–Crippen LogP) is 1.83. The number of aryl methyl sites for hydroxylation is 2. The molecule has 0 saturated heterocycles. The van der Waals surface area contributed by atoms with Crippen LogP contribution in [0.1, 0.15) is 44.5 Å². The number of anilines is 1. The first-order valence-corrected chi connectivity index (χ1v) is 7.11. The van der Waals surface area contributed by atoms with Crippen LogP contribution >= 0.6 is 0 Å². The third-order valence-electron chi connectivity index (χ3n) is 3.57. The monoisotopic (exact) mass is 279 g/mol. The van der Waals surface area contributed by atoms with Crippen molar-refractivity contribution in [1.82, 2.24) is 15.2 Å². The molecule has 0 aliphatic rings. The van der Waals surface area contributed by atoms with Gasteiger partial charge >= 0.3 is 0 Å². The molecule has 3 N–H and O–H groups in total. The van der Waals surface area contributed by atoms with E-state index < -0.39 is 0 Å². The normalized spacial score (nSPS) is 12.5. The van der Waals surface area contributed by atoms with Crippen LogP contribution in [-0.2, 0) is 4.79 Å². The molecule has 0 radical (unpaired) electrons. The highest BCUT2D eigenvalue weighted by molar-refractivity contribution is 5.88. The van der Waals surface area contributed by atoms with Crippen molar-refractivity contribution in [3.05, 3.63) is 11.4 Å². The Balaban J connectivity index is 2.48. The van der Waals surface area contributed by atoms with E-state index in [1.807, 2.05) is 13.8 Å². The zero-order valence-electron chi connectivity index (χ0n) is 12.8. The molecule has 112 valence electrons. The van der Waals surface area contributed by atoms with Crippen molar-refractivity contribution in [2.75, 3.05) is 11.9 Å². The lowest BCUT2D eigenvalue weighted by Gasteiger charge is -2.19. The Kier molecular flexibility index (Phi) is 6.51. The van der Waals surface area contributed by atoms with Crippen LogP contribution in [0, 0.1) is 25.7 Å². The summed E-state index contributed by atoms with van der Waals surface area (Å²) in [7, 11) is 0. The van der Waals surface area contributed by atoms with E-state index in [1.165, 1.54) is 0 Å². The number of nitrogens with zero attached hydrogens (tertiary/aromatic N) is 3. The van der Waals surface area contributed by atoms with Crippen molar-refractivity contribution in [3.63, 3.8) is 0 Å². The molecule has 0 aliphatic carbocycles. The number of carbonyl (C=O) groups excluding carboxylic acids is 1. The highest BCUT2D eigenvalue weighted by atomic mass is 16.1. The number of aromatic nitrogens is 3. The van der Waals surface area contributed by atoms with Gasteiger partial charge in [0.25, 0.3) is 0 Å². The number of rotatable bonds is 7. The first kappa shape index (κ1) is 16.5. The van der Waals surface area contributed by atoms with Gasteiger partial charge in [-0.15, -0.1) is 5.10 Å². The lowest BCUT2D eigenvalue weighted by Crippen LogP contribution is -2.19. The molecule has 0 aromatic carbocycles. The summed E-state index contributed by atoms with van der Waals surface area (Å²) in [6.45, 7) is 8.66. The van der Waals surface area contributed by atoms with Crippen LogP contribution in [0.3, 0.4) is 0 Å². The fourth-order valence-corrected chi connectivity index (χ4v) is 2.04. The minimum atomic E-state index is -0.0716. The molecule has 6 nitrogen and oxygen atoms in total. The molecule has 0 aliphatic heterocycles. The molecule has 0 fully saturated rings. The minimum Gasteiger partial charge on any atom is -0.330 e. The van der Waals surface area contributed by atoms with Crippen LogP contribution in [0.4, 0.5) is 5.95 Å². The van der Waals surface area contributed by atoms with Gasteiger partial charge in [0, 0.05) is 6.42 Å². The lowest BCUT2D eigenvalue weighted by molar-refractivity contribution is -0.116. The molecule has 1 unspecified atom stereocenters. The van der Waals surface area contributed by atoms with Crippen LogP contribution in [-0.4, -0.2) is 27.6 Å². The van der Waals surface area contributed by atoms with Gasteiger partial charge in [0.15, 0.2) is 0 Å². The van der Waals surface area contributed by atoms with Gasteiger partial charge in [-0.25, -0.2) is 4.98 Å². The van der Waals surface area contributed by atoms with Crippen LogP contribution in [0.25, 0.3) is 0 Å². The smallest absolute Gasteiger partial charge is 0.249 e. The summed E-state index contributed by atoms with van der Waals surface area (Å²) in [5, 5.41) is 10.5. The molecule has 1 amide bonds. The third-order valence-corrected chi connectivity index (χ3v) is 3.57. The van der Waals surface area contributed by atoms with Gasteiger partial charge in [0.2, 0.25) is 11.9 Å². The van der Waals surface area contributed by atoms with Crippen LogP contribution < -0.4 is 11.1 Å². The van der Waals surface area contributed by atoms with Crippen LogP contribution in [0.15, 0.2) is 0 Å². The Labute approximate surface area is 120 Å². The first-order chi connectivity index (χ1) is 9.43. The summed E-state index contributed by atoms with van der Waals surface area (Å²) in [6, 6.07) is 0. The van der Waals surface area contributed by atoms with E-state index in [-0.39, 0.29) is 11.9 Å². The van der Waals surface area contributed by atoms with Gasteiger partial charge in [-0.2, -0.15) is 5.10 Å². The first-order valence-electron chi connectivity index (χ1n) is 7.11. The summed E-state index contributed by atoms with van der Waals surface area (Å²) < 4.78 is 0. The molecule has 1 atom stereocenters. The summed E-state index contributed by atoms with van der Waals surface area (Å²) in [5.41, 5.74) is 7.14. The highest BCUT2D eigenvalue weighted by Gasteiger charge is 2.15. The van der Waals surface area contributed by atoms with E-state index in [0.29, 0.717) is 24.8 Å². The predicted molar refractivity (Wildman–Crippen MR) is 79.2 cm³/mol. The maximum Gasteiger partial charge on any atom is 0.249 e. The number of carbonyl (C=O) groups is 1. The molecule has 1 rings (SSSR count). The van der Waals surface area contributed by atoms with E-state index >= 15 is 0 Å². The molecule has 1 aromatic heterocycles. The standard InChI is InChI=1S/C14H25N5O/c1-9(2)12(7-8-15)5-6-13(20)17-14-16-10(3)11(4)18-19-14/h9,12H,5-8,15H2,1-4H3,(H,16,17,19,20). The fraction of sp³-hybridized carbons (Fsp3) is 0.714. The van der Waals surface area contributed by atoms with Crippen molar-refractivity contribution in [2.24, 2.45) is 17.6 Å². The molecular weight excluding hydrogens is 254 g/mol. The Morgan fingerprint density at radius 2 is 1.90 bits per heavy atom. The number of nitrogens with one attached hydrogen (secondary N) is 1. The quantitative estimate of drug-likeness (QED) is 0.794. The molecule has 1 aromatic rings. The minimum absolute atomic E-state index is 0.0716. The van der Waals surface area contributed by atoms with E-state index in [9.17, 15) is 4.79 Å². The highest BCUT2D eigenvalue weighted by Crippen LogP contribution is 2.20. The summed E-state index contributed by atoms with van der Waals surface area (Å²) in [5.74, 6) is 1.21. The average molecular weight is 279 g/mol. The fourth-order valence-electron chi connectivity index (χ4n) is 2.04. The second kappa shape index (κ2) is 7.89. The van der Waals surface area contributed by atoms with E-state index in [4.69, 9.17) is 5.73 Å².